The van der Waals surface area contributed by atoms with Crippen molar-refractivity contribution in [3.05, 3.63) is 42.2 Å². The van der Waals surface area contributed by atoms with E-state index in [0.717, 1.165) is 6.07 Å². The maximum absolute atomic E-state index is 13.1. The maximum atomic E-state index is 13.1. The molecule has 0 amide bonds. The molecule has 4 heteroatoms. The Morgan fingerprint density at radius 3 is 2.50 bits per heavy atom. The molecule has 0 aliphatic heterocycles. The molecule has 2 aromatic rings. The molecule has 0 fully saturated rings. The van der Waals surface area contributed by atoms with Crippen molar-refractivity contribution in [2.24, 2.45) is 0 Å². The zero-order chi connectivity index (χ0) is 11.7. The predicted molar refractivity (Wildman–Crippen MR) is 62.3 cm³/mol. The zero-order valence-corrected chi connectivity index (χ0v) is 8.44. The number of phenolic OH excluding ortho intramolecular Hbond substituents is 1. The standard InChI is InChI=1S/C12H11FN2O/c13-8-4-7(5-9(16)6-8)10-2-1-3-11(14)12(10)15/h1-6,16H,14-15H2. The van der Waals surface area contributed by atoms with Crippen LogP contribution in [-0.4, -0.2) is 5.11 Å². The molecular weight excluding hydrogens is 207 g/mol. The van der Waals surface area contributed by atoms with Crippen LogP contribution in [0.1, 0.15) is 0 Å². The van der Waals surface area contributed by atoms with E-state index in [0.29, 0.717) is 22.5 Å². The first-order valence-electron chi connectivity index (χ1n) is 4.72. The van der Waals surface area contributed by atoms with Gasteiger partial charge in [-0.25, -0.2) is 4.39 Å². The summed E-state index contributed by atoms with van der Waals surface area (Å²) < 4.78 is 13.1. The molecule has 0 saturated heterocycles. The number of phenols is 1. The second-order valence-corrected chi connectivity index (χ2v) is 3.51. The Balaban J connectivity index is 2.63. The molecular formula is C12H11FN2O. The van der Waals surface area contributed by atoms with Gasteiger partial charge in [-0.1, -0.05) is 12.1 Å². The van der Waals surface area contributed by atoms with Crippen LogP contribution in [0.5, 0.6) is 5.75 Å². The number of aromatic hydroxyl groups is 1. The fraction of sp³-hybridized carbons (Fsp3) is 0. The Bertz CT molecular complexity index is 520. The van der Waals surface area contributed by atoms with E-state index in [-0.39, 0.29) is 5.75 Å². The van der Waals surface area contributed by atoms with Crippen LogP contribution in [-0.2, 0) is 0 Å². The van der Waals surface area contributed by atoms with E-state index in [4.69, 9.17) is 11.5 Å². The lowest BCUT2D eigenvalue weighted by molar-refractivity contribution is 0.469. The largest absolute Gasteiger partial charge is 0.508 e. The second-order valence-electron chi connectivity index (χ2n) is 3.51. The highest BCUT2D eigenvalue weighted by atomic mass is 19.1. The van der Waals surface area contributed by atoms with Crippen LogP contribution in [0, 0.1) is 5.82 Å². The summed E-state index contributed by atoms with van der Waals surface area (Å²) in [6.45, 7) is 0. The Morgan fingerprint density at radius 2 is 1.81 bits per heavy atom. The average Bonchev–Trinajstić information content (AvgIpc) is 2.20. The third-order valence-corrected chi connectivity index (χ3v) is 2.33. The molecule has 0 atom stereocenters. The summed E-state index contributed by atoms with van der Waals surface area (Å²) in [7, 11) is 0. The van der Waals surface area contributed by atoms with Crippen LogP contribution in [0.25, 0.3) is 11.1 Å². The lowest BCUT2D eigenvalue weighted by Gasteiger charge is -2.08. The molecule has 2 aromatic carbocycles. The molecule has 82 valence electrons. The van der Waals surface area contributed by atoms with Gasteiger partial charge in [-0.3, -0.25) is 0 Å². The van der Waals surface area contributed by atoms with E-state index >= 15 is 0 Å². The molecule has 0 aliphatic carbocycles. The summed E-state index contributed by atoms with van der Waals surface area (Å²) in [5.74, 6) is -0.659. The Kier molecular flexibility index (Phi) is 2.40. The molecule has 0 saturated carbocycles. The highest BCUT2D eigenvalue weighted by molar-refractivity contribution is 5.84. The van der Waals surface area contributed by atoms with Crippen molar-refractivity contribution in [2.75, 3.05) is 11.5 Å². The topological polar surface area (TPSA) is 72.3 Å². The first kappa shape index (κ1) is 10.3. The maximum Gasteiger partial charge on any atom is 0.127 e. The van der Waals surface area contributed by atoms with Crippen LogP contribution >= 0.6 is 0 Å². The van der Waals surface area contributed by atoms with Crippen molar-refractivity contribution in [2.45, 2.75) is 0 Å². The highest BCUT2D eigenvalue weighted by Gasteiger charge is 2.07. The minimum absolute atomic E-state index is 0.142. The monoisotopic (exact) mass is 218 g/mol. The third kappa shape index (κ3) is 1.77. The fourth-order valence-electron chi connectivity index (χ4n) is 1.56. The van der Waals surface area contributed by atoms with Crippen LogP contribution in [0.4, 0.5) is 15.8 Å². The molecule has 0 unspecified atom stereocenters. The van der Waals surface area contributed by atoms with Gasteiger partial charge in [0.2, 0.25) is 0 Å². The van der Waals surface area contributed by atoms with Crippen LogP contribution in [0.15, 0.2) is 36.4 Å². The zero-order valence-electron chi connectivity index (χ0n) is 8.44. The fourth-order valence-corrected chi connectivity index (χ4v) is 1.56. The highest BCUT2D eigenvalue weighted by Crippen LogP contribution is 2.32. The van der Waals surface area contributed by atoms with Crippen molar-refractivity contribution >= 4 is 11.4 Å². The molecule has 3 nitrogen and oxygen atoms in total. The number of nitrogen functional groups attached to an aromatic ring is 2. The van der Waals surface area contributed by atoms with Gasteiger partial charge in [-0.2, -0.15) is 0 Å². The number of anilines is 2. The second kappa shape index (κ2) is 3.73. The van der Waals surface area contributed by atoms with Gasteiger partial charge in [0.1, 0.15) is 11.6 Å². The molecule has 16 heavy (non-hydrogen) atoms. The Morgan fingerprint density at radius 1 is 1.06 bits per heavy atom. The van der Waals surface area contributed by atoms with Gasteiger partial charge in [0.25, 0.3) is 0 Å². The molecule has 0 spiro atoms. The van der Waals surface area contributed by atoms with Crippen LogP contribution in [0.2, 0.25) is 0 Å². The molecule has 0 aliphatic rings. The van der Waals surface area contributed by atoms with Crippen molar-refractivity contribution < 1.29 is 9.50 Å². The Labute approximate surface area is 92.1 Å². The summed E-state index contributed by atoms with van der Waals surface area (Å²) in [4.78, 5) is 0. The number of halogens is 1. The van der Waals surface area contributed by atoms with Gasteiger partial charge in [0.15, 0.2) is 0 Å². The summed E-state index contributed by atoms with van der Waals surface area (Å²) >= 11 is 0. The van der Waals surface area contributed by atoms with Crippen LogP contribution < -0.4 is 11.5 Å². The van der Waals surface area contributed by atoms with Gasteiger partial charge in [-0.15, -0.1) is 0 Å². The van der Waals surface area contributed by atoms with Gasteiger partial charge in [-0.05, 0) is 23.8 Å². The van der Waals surface area contributed by atoms with Crippen LogP contribution in [0.3, 0.4) is 0 Å². The van der Waals surface area contributed by atoms with E-state index in [1.54, 1.807) is 18.2 Å². The SMILES string of the molecule is Nc1cccc(-c2cc(O)cc(F)c2)c1N. The first-order chi connectivity index (χ1) is 7.58. The number of rotatable bonds is 1. The van der Waals surface area contributed by atoms with E-state index in [2.05, 4.69) is 0 Å². The van der Waals surface area contributed by atoms with Gasteiger partial charge in [0, 0.05) is 11.6 Å². The molecule has 0 aromatic heterocycles. The van der Waals surface area contributed by atoms with Crippen molar-refractivity contribution in [1.29, 1.82) is 0 Å². The van der Waals surface area contributed by atoms with E-state index in [9.17, 15) is 9.50 Å². The average molecular weight is 218 g/mol. The summed E-state index contributed by atoms with van der Waals surface area (Å²) in [5, 5.41) is 9.30. The van der Waals surface area contributed by atoms with Gasteiger partial charge in [0.05, 0.1) is 11.4 Å². The lowest BCUT2D eigenvalue weighted by Crippen LogP contribution is -1.96. The van der Waals surface area contributed by atoms with Gasteiger partial charge < -0.3 is 16.6 Å². The molecule has 0 radical (unpaired) electrons. The molecule has 2 rings (SSSR count). The molecule has 5 N–H and O–H groups in total. The van der Waals surface area contributed by atoms with Crippen molar-refractivity contribution in [3.8, 4) is 16.9 Å². The minimum Gasteiger partial charge on any atom is -0.508 e. The van der Waals surface area contributed by atoms with E-state index < -0.39 is 5.82 Å². The number of hydrogen-bond acceptors (Lipinski definition) is 3. The van der Waals surface area contributed by atoms with Crippen molar-refractivity contribution in [3.63, 3.8) is 0 Å². The smallest absolute Gasteiger partial charge is 0.127 e. The Hall–Kier alpha value is -2.23. The quantitative estimate of drug-likeness (QED) is 0.643. The van der Waals surface area contributed by atoms with Gasteiger partial charge >= 0.3 is 0 Å². The van der Waals surface area contributed by atoms with E-state index in [1.165, 1.54) is 12.1 Å². The third-order valence-electron chi connectivity index (χ3n) is 2.33. The number of para-hydroxylation sites is 1. The summed E-state index contributed by atoms with van der Waals surface area (Å²) in [6.07, 6.45) is 0. The number of hydrogen-bond donors (Lipinski definition) is 3. The summed E-state index contributed by atoms with van der Waals surface area (Å²) in [5.41, 5.74) is 13.4. The molecule has 0 heterocycles. The normalized spacial score (nSPS) is 10.3. The first-order valence-corrected chi connectivity index (χ1v) is 4.72. The molecule has 0 bridgehead atoms. The lowest BCUT2D eigenvalue weighted by atomic mass is 10.0. The van der Waals surface area contributed by atoms with E-state index in [1.807, 2.05) is 0 Å². The number of nitrogens with two attached hydrogens (primary N) is 2. The van der Waals surface area contributed by atoms with Crippen molar-refractivity contribution in [1.82, 2.24) is 0 Å². The minimum atomic E-state index is -0.517. The number of benzene rings is 2. The summed E-state index contributed by atoms with van der Waals surface area (Å²) in [6, 6.07) is 8.88. The predicted octanol–water partition coefficient (Wildman–Crippen LogP) is 2.36.